The van der Waals surface area contributed by atoms with Gasteiger partial charge in [-0.2, -0.15) is 0 Å². The molecule has 164 valence electrons. The van der Waals surface area contributed by atoms with E-state index < -0.39 is 11.8 Å². The second-order valence-electron chi connectivity index (χ2n) is 7.03. The lowest BCUT2D eigenvalue weighted by molar-refractivity contribution is -0.118. The minimum atomic E-state index is -0.658. The monoisotopic (exact) mass is 442 g/mol. The number of para-hydroxylation sites is 1. The number of nitrogens with two attached hydrogens (primary N) is 1. The third-order valence-corrected chi connectivity index (χ3v) is 4.79. The van der Waals surface area contributed by atoms with E-state index in [4.69, 9.17) is 5.73 Å². The van der Waals surface area contributed by atoms with Crippen LogP contribution in [0.5, 0.6) is 5.75 Å². The van der Waals surface area contributed by atoms with Crippen molar-refractivity contribution in [2.24, 2.45) is 16.0 Å². The van der Waals surface area contributed by atoms with Gasteiger partial charge in [-0.25, -0.2) is 4.98 Å². The standard InChI is InChI=1S/C23H18N6O4/c24-19(31)11-29-13-25-18(12-30)22(29)28-27-20-16-9-5-4-6-14(16)10-17(21(20)32)23(33)26-15-7-2-1-3-8-15/h1-10,12-13,32H,11H2,(H2,24,31)(H,26,33). The first-order chi connectivity index (χ1) is 16.0. The lowest BCUT2D eigenvalue weighted by Gasteiger charge is -2.11. The molecule has 3 aromatic carbocycles. The Morgan fingerprint density at radius 1 is 1.09 bits per heavy atom. The topological polar surface area (TPSA) is 152 Å². The first-order valence-corrected chi connectivity index (χ1v) is 9.79. The van der Waals surface area contributed by atoms with Crippen LogP contribution in [-0.2, 0) is 11.3 Å². The highest BCUT2D eigenvalue weighted by atomic mass is 16.3. The van der Waals surface area contributed by atoms with E-state index in [0.717, 1.165) is 0 Å². The van der Waals surface area contributed by atoms with Crippen molar-refractivity contribution in [3.05, 3.63) is 78.2 Å². The van der Waals surface area contributed by atoms with Crippen molar-refractivity contribution in [1.82, 2.24) is 9.55 Å². The summed E-state index contributed by atoms with van der Waals surface area (Å²) in [6, 6.07) is 17.4. The zero-order valence-electron chi connectivity index (χ0n) is 17.2. The molecule has 0 aliphatic heterocycles. The Morgan fingerprint density at radius 3 is 2.55 bits per heavy atom. The highest BCUT2D eigenvalue weighted by Gasteiger charge is 2.19. The van der Waals surface area contributed by atoms with Gasteiger partial charge in [-0.15, -0.1) is 10.2 Å². The van der Waals surface area contributed by atoms with Crippen LogP contribution in [0.3, 0.4) is 0 Å². The van der Waals surface area contributed by atoms with Crippen LogP contribution in [0.25, 0.3) is 10.8 Å². The number of hydrogen-bond acceptors (Lipinski definition) is 7. The fourth-order valence-corrected chi connectivity index (χ4v) is 3.28. The largest absolute Gasteiger partial charge is 0.505 e. The summed E-state index contributed by atoms with van der Waals surface area (Å²) in [4.78, 5) is 39.4. The van der Waals surface area contributed by atoms with E-state index in [9.17, 15) is 19.5 Å². The quantitative estimate of drug-likeness (QED) is 0.294. The van der Waals surface area contributed by atoms with Gasteiger partial charge in [-0.3, -0.25) is 14.4 Å². The maximum atomic E-state index is 12.9. The SMILES string of the molecule is NC(=O)Cn1cnc(C=O)c1N=Nc1c(O)c(C(=O)Nc2ccccc2)cc2ccccc12. The lowest BCUT2D eigenvalue weighted by atomic mass is 10.0. The van der Waals surface area contributed by atoms with Gasteiger partial charge in [0.1, 0.15) is 17.9 Å². The number of phenolic OH excluding ortho intramolecular Hbond substituents is 1. The van der Waals surface area contributed by atoms with Crippen LogP contribution >= 0.6 is 0 Å². The van der Waals surface area contributed by atoms with E-state index in [2.05, 4.69) is 20.5 Å². The maximum absolute atomic E-state index is 12.9. The fraction of sp³-hybridized carbons (Fsp3) is 0.0435. The molecule has 1 heterocycles. The van der Waals surface area contributed by atoms with Crippen LogP contribution < -0.4 is 11.1 Å². The summed E-state index contributed by atoms with van der Waals surface area (Å²) >= 11 is 0. The maximum Gasteiger partial charge on any atom is 0.259 e. The Balaban J connectivity index is 1.80. The predicted molar refractivity (Wildman–Crippen MR) is 121 cm³/mol. The van der Waals surface area contributed by atoms with Gasteiger partial charge in [0.15, 0.2) is 17.9 Å². The molecule has 2 amide bonds. The van der Waals surface area contributed by atoms with Crippen molar-refractivity contribution in [2.75, 3.05) is 5.32 Å². The number of amides is 2. The number of aromatic hydroxyl groups is 1. The zero-order valence-corrected chi connectivity index (χ0v) is 17.2. The van der Waals surface area contributed by atoms with E-state index in [1.165, 1.54) is 10.9 Å². The molecule has 0 radical (unpaired) electrons. The second kappa shape index (κ2) is 9.10. The minimum absolute atomic E-state index is 0.00671. The Bertz CT molecular complexity index is 1400. The summed E-state index contributed by atoms with van der Waals surface area (Å²) < 4.78 is 1.26. The molecule has 10 nitrogen and oxygen atoms in total. The number of nitrogens with zero attached hydrogens (tertiary/aromatic N) is 4. The summed E-state index contributed by atoms with van der Waals surface area (Å²) in [5.41, 5.74) is 5.76. The number of carbonyl (C=O) groups is 3. The number of hydrogen-bond donors (Lipinski definition) is 3. The van der Waals surface area contributed by atoms with E-state index >= 15 is 0 Å². The van der Waals surface area contributed by atoms with Crippen molar-refractivity contribution in [3.8, 4) is 5.75 Å². The molecule has 0 aliphatic rings. The van der Waals surface area contributed by atoms with Crippen LogP contribution in [0.1, 0.15) is 20.8 Å². The molecule has 1 aromatic heterocycles. The van der Waals surface area contributed by atoms with Gasteiger partial charge in [0, 0.05) is 11.1 Å². The number of phenols is 1. The first kappa shape index (κ1) is 21.4. The molecule has 0 saturated carbocycles. The van der Waals surface area contributed by atoms with Gasteiger partial charge < -0.3 is 20.7 Å². The molecular formula is C23H18N6O4. The number of nitrogens with one attached hydrogen (secondary N) is 1. The molecule has 0 spiro atoms. The van der Waals surface area contributed by atoms with E-state index in [1.54, 1.807) is 54.6 Å². The van der Waals surface area contributed by atoms with E-state index in [-0.39, 0.29) is 35.1 Å². The predicted octanol–water partition coefficient (Wildman–Crippen LogP) is 3.71. The van der Waals surface area contributed by atoms with E-state index in [0.29, 0.717) is 22.7 Å². The van der Waals surface area contributed by atoms with E-state index in [1.807, 2.05) is 6.07 Å². The molecule has 0 aliphatic carbocycles. The van der Waals surface area contributed by atoms with Gasteiger partial charge in [-0.05, 0) is 23.6 Å². The third-order valence-electron chi connectivity index (χ3n) is 4.79. The Morgan fingerprint density at radius 2 is 1.82 bits per heavy atom. The molecule has 0 saturated heterocycles. The van der Waals surface area contributed by atoms with Gasteiger partial charge in [0.2, 0.25) is 5.91 Å². The van der Waals surface area contributed by atoms with Crippen molar-refractivity contribution in [1.29, 1.82) is 0 Å². The molecule has 4 aromatic rings. The molecule has 4 rings (SSSR count). The third kappa shape index (κ3) is 4.44. The lowest BCUT2D eigenvalue weighted by Crippen LogP contribution is -2.17. The number of carbonyl (C=O) groups excluding carboxylic acids is 3. The number of anilines is 1. The van der Waals surface area contributed by atoms with Crippen molar-refractivity contribution in [2.45, 2.75) is 6.54 Å². The van der Waals surface area contributed by atoms with Gasteiger partial charge in [0.25, 0.3) is 5.91 Å². The van der Waals surface area contributed by atoms with Crippen LogP contribution in [0.15, 0.2) is 77.2 Å². The first-order valence-electron chi connectivity index (χ1n) is 9.79. The smallest absolute Gasteiger partial charge is 0.259 e. The van der Waals surface area contributed by atoms with Crippen molar-refractivity contribution < 1.29 is 19.5 Å². The Labute approximate surface area is 187 Å². The van der Waals surface area contributed by atoms with Gasteiger partial charge >= 0.3 is 0 Å². The number of azo groups is 1. The zero-order chi connectivity index (χ0) is 23.4. The number of benzene rings is 3. The number of primary amides is 1. The highest BCUT2D eigenvalue weighted by molar-refractivity contribution is 6.11. The number of aldehydes is 1. The average Bonchev–Trinajstić information content (AvgIpc) is 3.19. The summed E-state index contributed by atoms with van der Waals surface area (Å²) in [6.45, 7) is -0.262. The number of rotatable bonds is 7. The molecule has 0 unspecified atom stereocenters. The summed E-state index contributed by atoms with van der Waals surface area (Å²) in [5.74, 6) is -1.59. The second-order valence-corrected chi connectivity index (χ2v) is 7.03. The van der Waals surface area contributed by atoms with Crippen LogP contribution in [0, 0.1) is 0 Å². The van der Waals surface area contributed by atoms with Crippen LogP contribution in [0.4, 0.5) is 17.2 Å². The summed E-state index contributed by atoms with van der Waals surface area (Å²) in [6.07, 6.45) is 1.71. The molecule has 0 fully saturated rings. The summed E-state index contributed by atoms with van der Waals surface area (Å²) in [5, 5.41) is 23.0. The molecule has 33 heavy (non-hydrogen) atoms. The van der Waals surface area contributed by atoms with Crippen molar-refractivity contribution >= 4 is 46.1 Å². The fourth-order valence-electron chi connectivity index (χ4n) is 3.28. The van der Waals surface area contributed by atoms with Crippen LogP contribution in [0.2, 0.25) is 0 Å². The summed E-state index contributed by atoms with van der Waals surface area (Å²) in [7, 11) is 0. The highest BCUT2D eigenvalue weighted by Crippen LogP contribution is 2.39. The van der Waals surface area contributed by atoms with Crippen molar-refractivity contribution in [3.63, 3.8) is 0 Å². The number of aromatic nitrogens is 2. The molecule has 0 bridgehead atoms. The minimum Gasteiger partial charge on any atom is -0.505 e. The molecule has 10 heteroatoms. The Hall–Kier alpha value is -4.86. The van der Waals surface area contributed by atoms with Crippen LogP contribution in [-0.4, -0.2) is 32.8 Å². The van der Waals surface area contributed by atoms with Gasteiger partial charge in [0.05, 0.1) is 11.9 Å². The molecule has 0 atom stereocenters. The molecular weight excluding hydrogens is 424 g/mol. The number of imidazole rings is 1. The number of fused-ring (bicyclic) bond motifs is 1. The van der Waals surface area contributed by atoms with Gasteiger partial charge in [-0.1, -0.05) is 42.5 Å². The molecule has 4 N–H and O–H groups in total. The Kier molecular flexibility index (Phi) is 5.90. The normalized spacial score (nSPS) is 11.0. The average molecular weight is 442 g/mol.